The molecule has 15 aliphatic rings. The number of fused-ring (bicyclic) bond motifs is 11. The first-order chi connectivity index (χ1) is 67.1. The van der Waals surface area contributed by atoms with Crippen LogP contribution in [0.5, 0.6) is 11.5 Å². The highest BCUT2D eigenvalue weighted by Gasteiger charge is 2.70. The van der Waals surface area contributed by atoms with Crippen molar-refractivity contribution in [1.29, 1.82) is 0 Å². The summed E-state index contributed by atoms with van der Waals surface area (Å²) in [5.74, 6) is 2.56. The Hall–Kier alpha value is -8.16. The highest BCUT2D eigenvalue weighted by Crippen LogP contribution is 2.71. The Balaban J connectivity index is 0.000000157. The number of esters is 9. The van der Waals surface area contributed by atoms with Crippen LogP contribution in [0.3, 0.4) is 0 Å². The maximum Gasteiger partial charge on any atom is 0.426 e. The van der Waals surface area contributed by atoms with Crippen LogP contribution in [-0.4, -0.2) is 166 Å². The molecule has 0 aromatic heterocycles. The van der Waals surface area contributed by atoms with Gasteiger partial charge in [-0.2, -0.15) is 13.2 Å². The maximum atomic E-state index is 12.7. The molecule has 9 aliphatic carbocycles. The minimum absolute atomic E-state index is 0.0146. The van der Waals surface area contributed by atoms with Crippen LogP contribution in [0.25, 0.3) is 0 Å². The molecule has 12 bridgehead atoms. The van der Waals surface area contributed by atoms with Crippen LogP contribution in [0, 0.1) is 97.1 Å². The summed E-state index contributed by atoms with van der Waals surface area (Å²) >= 11 is 0. The first-order valence-corrected chi connectivity index (χ1v) is 55.6. The molecule has 20 atom stereocenters. The van der Waals surface area contributed by atoms with Gasteiger partial charge in [-0.05, 0) is 360 Å². The molecule has 4 aromatic carbocycles. The average Bonchev–Trinajstić information content (AvgIpc) is 1.52. The molecule has 6 heterocycles. The van der Waals surface area contributed by atoms with Gasteiger partial charge >= 0.3 is 59.9 Å². The van der Waals surface area contributed by atoms with Crippen LogP contribution < -0.4 is 4.74 Å². The van der Waals surface area contributed by atoms with Gasteiger partial charge in [0.1, 0.15) is 40.5 Å². The van der Waals surface area contributed by atoms with Crippen molar-refractivity contribution in [2.45, 2.75) is 424 Å². The Kier molecular flexibility index (Phi) is 37.2. The fourth-order valence-electron chi connectivity index (χ4n) is 22.8. The monoisotopic (exact) mass is 2050 g/mol. The number of aromatic hydroxyl groups is 1. The second-order valence-electron chi connectivity index (χ2n) is 47.7. The van der Waals surface area contributed by atoms with Crippen LogP contribution in [0.15, 0.2) is 130 Å². The van der Waals surface area contributed by atoms with Crippen molar-refractivity contribution >= 4 is 74.7 Å². The molecule has 19 rings (SSSR count). The lowest BCUT2D eigenvalue weighted by Crippen LogP contribution is -2.61. The SMILES string of the molecule is CCC(C)(C)C(=O)OC(CS(=O)(=O)[O-])C(F)(F)F.CCC(C)(C)C(=O)OC1(C)CCCCC1.CCC(C)(C)C(=O)OC1(CC)CC2CC1C1C3CCC(C3)C21.CCC(C)(C)C(=O)OC12CC3CC(CC(O)(C3)C1)C2.CCC(C)(C)C(=O)OC1C2CC3C(=O)OC1C3O2.CCC(C)(C)C(=O)OC1C2CC3C(=O)OC1C3O2.CCC(C)(C)C(=O)Oc1ccc(O)cc1.c1ccc([S+](c2ccccc2)c2ccccc2)cc1. The number of ether oxygens (including phenoxy) is 11. The van der Waals surface area contributed by atoms with E-state index in [1.54, 1.807) is 19.1 Å². The Labute approximate surface area is 855 Å². The van der Waals surface area contributed by atoms with Gasteiger partial charge in [-0.3, -0.25) is 43.2 Å². The second kappa shape index (κ2) is 46.1. The molecule has 4 aromatic rings. The van der Waals surface area contributed by atoms with E-state index in [2.05, 4.69) is 117 Å². The van der Waals surface area contributed by atoms with Crippen molar-refractivity contribution in [1.82, 2.24) is 0 Å². The molecule has 30 heteroatoms. The van der Waals surface area contributed by atoms with Crippen LogP contribution in [-0.2, 0) is 112 Å². The van der Waals surface area contributed by atoms with Crippen molar-refractivity contribution in [3.05, 3.63) is 115 Å². The number of alkyl halides is 3. The summed E-state index contributed by atoms with van der Waals surface area (Å²) < 4.78 is 128. The van der Waals surface area contributed by atoms with E-state index in [4.69, 9.17) is 52.5 Å². The highest BCUT2D eigenvalue weighted by molar-refractivity contribution is 7.97. The standard InChI is InChI=1S/C20H32O2.C18H15S.C16H26O3.2C13H18O5.C13H24O2.C12H16O3.C9H15F3O5S/c1-5-19(3,4)18(21)22-20(6-2)11-14-10-15(20)17-13-8-7-12(9-13)16(14)17;1-4-10-16(11-5-1)19(17-12-6-2-7-13-17)18-14-8-3-9-15-18;1-4-14(2,3)13(17)19-16-8-11-5-12(9-16)7-15(18,6-11)10-16;2*1-4-13(2,3)12(15)18-9-7-5-6-8(16-7)10(9)17-11(6)14;1-5-12(2,3)11(14)15-13(4)9-7-6-8-10-13;1-4-12(2,3)11(14)15-10-7-5-9(13)6-8-10;1-4-8(2,3)7(13)17-6(9(10,11)12)5-18(14,15)16/h12-17H,5-11H2,1-4H3;1-15H;11-12,18H,4-10H2,1-3H3;2*6-10H,4-5H2,1-3H3;5-10H2,1-4H3;5-8,13H,4H2,1-3H3;6H,4-5H2,1-3H3,(H,14,15,16)/q;+1;;;;;;/p-1. The van der Waals surface area contributed by atoms with Gasteiger partial charge in [-0.15, -0.1) is 0 Å². The number of phenolic OH excluding ortho intramolecular Hbond substituents is 1. The Morgan fingerprint density at radius 1 is 0.465 bits per heavy atom. The van der Waals surface area contributed by atoms with E-state index in [-0.39, 0.29) is 135 Å². The van der Waals surface area contributed by atoms with E-state index < -0.39 is 91.2 Å². The number of carbonyl (C=O) groups is 9. The number of hydrogen-bond acceptors (Lipinski definition) is 25. The summed E-state index contributed by atoms with van der Waals surface area (Å²) in [7, 11) is -5.17. The average molecular weight is 2050 g/mol. The zero-order chi connectivity index (χ0) is 106. The first kappa shape index (κ1) is 116. The third kappa shape index (κ3) is 27.4. The Morgan fingerprint density at radius 2 is 0.854 bits per heavy atom. The molecule has 20 unspecified atom stereocenters. The normalized spacial score (nSPS) is 30.2. The van der Waals surface area contributed by atoms with Gasteiger partial charge in [0, 0.05) is 12.3 Å². The van der Waals surface area contributed by atoms with Crippen molar-refractivity contribution in [2.75, 3.05) is 5.75 Å². The molecule has 0 spiro atoms. The van der Waals surface area contributed by atoms with E-state index in [1.807, 2.05) is 118 Å². The largest absolute Gasteiger partial charge is 0.748 e. The summed E-state index contributed by atoms with van der Waals surface area (Å²) in [4.78, 5) is 111. The Morgan fingerprint density at radius 3 is 1.25 bits per heavy atom. The number of phenols is 1. The third-order valence-corrected chi connectivity index (χ3v) is 37.3. The molecule has 144 heavy (non-hydrogen) atoms. The van der Waals surface area contributed by atoms with E-state index in [0.29, 0.717) is 55.6 Å². The van der Waals surface area contributed by atoms with Crippen LogP contribution in [0.1, 0.15) is 326 Å². The van der Waals surface area contributed by atoms with Crippen LogP contribution >= 0.6 is 0 Å². The van der Waals surface area contributed by atoms with E-state index in [0.717, 1.165) is 107 Å². The minimum Gasteiger partial charge on any atom is -0.748 e. The van der Waals surface area contributed by atoms with Gasteiger partial charge < -0.3 is 66.9 Å². The van der Waals surface area contributed by atoms with Crippen molar-refractivity contribution in [2.24, 2.45) is 97.1 Å². The van der Waals surface area contributed by atoms with Gasteiger partial charge in [0.15, 0.2) is 39.1 Å². The number of benzene rings is 4. The number of aliphatic hydroxyl groups is 1. The lowest BCUT2D eigenvalue weighted by atomic mass is 9.52. The summed E-state index contributed by atoms with van der Waals surface area (Å²) in [5.41, 5.74) is -4.99. The summed E-state index contributed by atoms with van der Waals surface area (Å²) in [6, 6.07) is 38.3. The summed E-state index contributed by atoms with van der Waals surface area (Å²) in [6.45, 7) is 43.6. The Bertz CT molecular complexity index is 4980. The smallest absolute Gasteiger partial charge is 0.426 e. The predicted octanol–water partition coefficient (Wildman–Crippen LogP) is 22.6. The predicted molar refractivity (Wildman–Crippen MR) is 536 cm³/mol. The van der Waals surface area contributed by atoms with Gasteiger partial charge in [0.2, 0.25) is 6.10 Å². The molecule has 6 saturated heterocycles. The van der Waals surface area contributed by atoms with Gasteiger partial charge in [-0.25, -0.2) is 8.42 Å². The fourth-order valence-corrected chi connectivity index (χ4v) is 25.5. The van der Waals surface area contributed by atoms with Gasteiger partial charge in [-0.1, -0.05) is 116 Å². The van der Waals surface area contributed by atoms with E-state index in [9.17, 15) is 74.4 Å². The molecule has 9 saturated carbocycles. The molecule has 6 aliphatic heterocycles. The second-order valence-corrected chi connectivity index (χ2v) is 51.2. The number of carbonyl (C=O) groups excluding carboxylic acids is 9. The molecule has 25 nitrogen and oxygen atoms in total. The quantitative estimate of drug-likeness (QED) is 0.0140. The molecule has 2 N–H and O–H groups in total. The molecular weight excluding hydrogens is 1890 g/mol. The third-order valence-electron chi connectivity index (χ3n) is 34.4. The van der Waals surface area contributed by atoms with Crippen LogP contribution in [0.4, 0.5) is 13.2 Å². The van der Waals surface area contributed by atoms with E-state index in [1.165, 1.54) is 92.0 Å². The van der Waals surface area contributed by atoms with Gasteiger partial charge in [0.05, 0.1) is 94.3 Å². The maximum absolute atomic E-state index is 12.7. The topological polar surface area (TPSA) is 353 Å². The van der Waals surface area contributed by atoms with Crippen molar-refractivity contribution in [3.63, 3.8) is 0 Å². The van der Waals surface area contributed by atoms with Gasteiger partial charge in [0.25, 0.3) is 0 Å². The molecule has 15 fully saturated rings. The lowest BCUT2D eigenvalue weighted by molar-refractivity contribution is -0.225. The van der Waals surface area contributed by atoms with Crippen molar-refractivity contribution in [3.8, 4) is 11.5 Å². The molecule has 802 valence electrons. The van der Waals surface area contributed by atoms with E-state index >= 15 is 0 Å². The van der Waals surface area contributed by atoms with Crippen LogP contribution in [0.2, 0.25) is 0 Å². The zero-order valence-corrected chi connectivity index (χ0v) is 90.9. The number of halogens is 3. The summed E-state index contributed by atoms with van der Waals surface area (Å²) in [6.07, 6.45) is 15.0. The summed E-state index contributed by atoms with van der Waals surface area (Å²) in [5, 5.41) is 19.7. The molecule has 0 amide bonds. The first-order valence-electron chi connectivity index (χ1n) is 52.8. The number of hydrogen-bond donors (Lipinski definition) is 2. The fraction of sp³-hybridized carbons (Fsp3) is 0.711. The molecule has 0 radical (unpaired) electrons. The lowest BCUT2D eigenvalue weighted by Gasteiger charge is -2.59. The molecular formula is C114H163F3O25S2. The number of rotatable bonds is 27. The zero-order valence-electron chi connectivity index (χ0n) is 89.3. The minimum atomic E-state index is -5.15. The van der Waals surface area contributed by atoms with Crippen molar-refractivity contribution < 1.29 is 132 Å². The highest BCUT2D eigenvalue weighted by atomic mass is 32.2.